The molecule has 1 aliphatic heterocycles. The number of nitrogens with zero attached hydrogens (tertiary/aromatic N) is 3. The summed E-state index contributed by atoms with van der Waals surface area (Å²) in [5.41, 5.74) is 0.637. The number of rotatable bonds is 5. The number of benzene rings is 1. The molecule has 1 aromatic heterocycles. The Hall–Kier alpha value is -2.50. The third kappa shape index (κ3) is 3.53. The van der Waals surface area contributed by atoms with Crippen molar-refractivity contribution < 1.29 is 14.3 Å². The molecule has 0 atom stereocenters. The van der Waals surface area contributed by atoms with Crippen molar-refractivity contribution in [1.82, 2.24) is 14.7 Å². The zero-order valence-electron chi connectivity index (χ0n) is 14.1. The van der Waals surface area contributed by atoms with E-state index in [1.807, 2.05) is 21.8 Å². The predicted molar refractivity (Wildman–Crippen MR) is 90.4 cm³/mol. The fourth-order valence-electron chi connectivity index (χ4n) is 3.14. The van der Waals surface area contributed by atoms with Crippen LogP contribution in [0.5, 0.6) is 11.5 Å². The lowest BCUT2D eigenvalue weighted by Crippen LogP contribution is -2.39. The Balaban J connectivity index is 1.60. The zero-order chi connectivity index (χ0) is 16.9. The van der Waals surface area contributed by atoms with Crippen LogP contribution in [0.1, 0.15) is 23.2 Å². The molecule has 3 rings (SSSR count). The quantitative estimate of drug-likeness (QED) is 0.845. The number of likely N-dealkylation sites (tertiary alicyclic amines) is 1. The third-order valence-electron chi connectivity index (χ3n) is 4.54. The molecule has 24 heavy (non-hydrogen) atoms. The van der Waals surface area contributed by atoms with Gasteiger partial charge < -0.3 is 14.4 Å². The monoisotopic (exact) mass is 329 g/mol. The molecule has 0 bridgehead atoms. The summed E-state index contributed by atoms with van der Waals surface area (Å²) in [5.74, 6) is 1.83. The summed E-state index contributed by atoms with van der Waals surface area (Å²) in [7, 11) is 3.16. The maximum Gasteiger partial charge on any atom is 0.253 e. The zero-order valence-corrected chi connectivity index (χ0v) is 14.1. The third-order valence-corrected chi connectivity index (χ3v) is 4.54. The minimum atomic E-state index is 0.0495. The van der Waals surface area contributed by atoms with Crippen LogP contribution < -0.4 is 9.47 Å². The van der Waals surface area contributed by atoms with Crippen LogP contribution in [0.15, 0.2) is 36.7 Å². The Labute approximate surface area is 142 Å². The van der Waals surface area contributed by atoms with Crippen molar-refractivity contribution in [2.45, 2.75) is 19.4 Å². The molecule has 0 spiro atoms. The molecular formula is C18H23N3O3. The number of piperidine rings is 1. The largest absolute Gasteiger partial charge is 0.493 e. The van der Waals surface area contributed by atoms with Gasteiger partial charge in [0.05, 0.1) is 14.2 Å². The van der Waals surface area contributed by atoms with Crippen molar-refractivity contribution in [3.05, 3.63) is 42.2 Å². The minimum Gasteiger partial charge on any atom is -0.493 e. The van der Waals surface area contributed by atoms with E-state index in [0.717, 1.165) is 32.5 Å². The highest BCUT2D eigenvalue weighted by Crippen LogP contribution is 2.29. The van der Waals surface area contributed by atoms with Gasteiger partial charge in [-0.25, -0.2) is 0 Å². The van der Waals surface area contributed by atoms with Crippen molar-refractivity contribution in [1.29, 1.82) is 0 Å². The highest BCUT2D eigenvalue weighted by atomic mass is 16.5. The molecular weight excluding hydrogens is 306 g/mol. The van der Waals surface area contributed by atoms with Crippen LogP contribution in [0.3, 0.4) is 0 Å². The van der Waals surface area contributed by atoms with Gasteiger partial charge in [-0.3, -0.25) is 9.48 Å². The molecule has 128 valence electrons. The number of ether oxygens (including phenoxy) is 2. The first-order valence-corrected chi connectivity index (χ1v) is 8.20. The standard InChI is InChI=1S/C18H23N3O3/c1-23-16-5-4-15(12-17(16)24-2)18(22)20-10-6-14(7-11-20)13-21-9-3-8-19-21/h3-5,8-9,12,14H,6-7,10-11,13H2,1-2H3. The van der Waals surface area contributed by atoms with Crippen LogP contribution in [-0.2, 0) is 6.54 Å². The molecule has 1 aromatic carbocycles. The Morgan fingerprint density at radius 1 is 1.21 bits per heavy atom. The number of hydrogen-bond donors (Lipinski definition) is 0. The van der Waals surface area contributed by atoms with Gasteiger partial charge in [-0.05, 0) is 43.0 Å². The van der Waals surface area contributed by atoms with E-state index in [-0.39, 0.29) is 5.91 Å². The maximum atomic E-state index is 12.7. The number of methoxy groups -OCH3 is 2. The molecule has 0 N–H and O–H groups in total. The smallest absolute Gasteiger partial charge is 0.253 e. The number of carbonyl (C=O) groups is 1. The van der Waals surface area contributed by atoms with Gasteiger partial charge in [-0.1, -0.05) is 0 Å². The molecule has 0 radical (unpaired) electrons. The molecule has 1 saturated heterocycles. The van der Waals surface area contributed by atoms with Gasteiger partial charge in [-0.15, -0.1) is 0 Å². The van der Waals surface area contributed by atoms with E-state index < -0.39 is 0 Å². The number of amides is 1. The second-order valence-corrected chi connectivity index (χ2v) is 6.03. The molecule has 1 amide bonds. The van der Waals surface area contributed by atoms with Crippen molar-refractivity contribution >= 4 is 5.91 Å². The lowest BCUT2D eigenvalue weighted by molar-refractivity contribution is 0.0681. The van der Waals surface area contributed by atoms with E-state index in [0.29, 0.717) is 23.0 Å². The normalized spacial score (nSPS) is 15.3. The molecule has 6 heteroatoms. The van der Waals surface area contributed by atoms with Gasteiger partial charge in [0.1, 0.15) is 0 Å². The summed E-state index contributed by atoms with van der Waals surface area (Å²) in [6.07, 6.45) is 5.79. The van der Waals surface area contributed by atoms with Crippen molar-refractivity contribution in [2.24, 2.45) is 5.92 Å². The summed E-state index contributed by atoms with van der Waals surface area (Å²) in [6.45, 7) is 2.48. The Bertz CT molecular complexity index is 677. The Kier molecular flexibility index (Phi) is 5.03. The van der Waals surface area contributed by atoms with Gasteiger partial charge in [0.25, 0.3) is 5.91 Å². The van der Waals surface area contributed by atoms with Gasteiger partial charge in [0.15, 0.2) is 11.5 Å². The fraction of sp³-hybridized carbons (Fsp3) is 0.444. The van der Waals surface area contributed by atoms with E-state index in [1.165, 1.54) is 0 Å². The first-order chi connectivity index (χ1) is 11.7. The summed E-state index contributed by atoms with van der Waals surface area (Å²) >= 11 is 0. The highest BCUT2D eigenvalue weighted by Gasteiger charge is 2.24. The molecule has 0 aliphatic carbocycles. The number of hydrogen-bond acceptors (Lipinski definition) is 4. The molecule has 0 unspecified atom stereocenters. The Morgan fingerprint density at radius 2 is 1.96 bits per heavy atom. The summed E-state index contributed by atoms with van der Waals surface area (Å²) in [5, 5.41) is 4.26. The SMILES string of the molecule is COc1ccc(C(=O)N2CCC(Cn3cccn3)CC2)cc1OC. The second-order valence-electron chi connectivity index (χ2n) is 6.03. The van der Waals surface area contributed by atoms with E-state index in [2.05, 4.69) is 5.10 Å². The van der Waals surface area contributed by atoms with Crippen LogP contribution in [0.25, 0.3) is 0 Å². The lowest BCUT2D eigenvalue weighted by atomic mass is 9.96. The summed E-state index contributed by atoms with van der Waals surface area (Å²) in [6, 6.07) is 7.25. The van der Waals surface area contributed by atoms with Gasteiger partial charge in [-0.2, -0.15) is 5.10 Å². The van der Waals surface area contributed by atoms with E-state index >= 15 is 0 Å². The molecule has 0 saturated carbocycles. The topological polar surface area (TPSA) is 56.6 Å². The lowest BCUT2D eigenvalue weighted by Gasteiger charge is -2.32. The predicted octanol–water partition coefficient (Wildman–Crippen LogP) is 2.45. The summed E-state index contributed by atoms with van der Waals surface area (Å²) < 4.78 is 12.5. The van der Waals surface area contributed by atoms with Gasteiger partial charge >= 0.3 is 0 Å². The fourth-order valence-corrected chi connectivity index (χ4v) is 3.14. The molecule has 1 aliphatic rings. The average Bonchev–Trinajstić information content (AvgIpc) is 3.14. The summed E-state index contributed by atoms with van der Waals surface area (Å²) in [4.78, 5) is 14.6. The Morgan fingerprint density at radius 3 is 2.58 bits per heavy atom. The van der Waals surface area contributed by atoms with Crippen LogP contribution in [0.2, 0.25) is 0 Å². The van der Waals surface area contributed by atoms with Crippen molar-refractivity contribution in [2.75, 3.05) is 27.3 Å². The minimum absolute atomic E-state index is 0.0495. The highest BCUT2D eigenvalue weighted by molar-refractivity contribution is 5.95. The molecule has 2 heterocycles. The van der Waals surface area contributed by atoms with E-state index in [4.69, 9.17) is 9.47 Å². The second kappa shape index (κ2) is 7.38. The van der Waals surface area contributed by atoms with Gasteiger partial charge in [0, 0.05) is 37.6 Å². The van der Waals surface area contributed by atoms with E-state index in [1.54, 1.807) is 38.6 Å². The number of aromatic nitrogens is 2. The first kappa shape index (κ1) is 16.4. The van der Waals surface area contributed by atoms with Crippen molar-refractivity contribution in [3.8, 4) is 11.5 Å². The van der Waals surface area contributed by atoms with Crippen LogP contribution in [0.4, 0.5) is 0 Å². The molecule has 1 fully saturated rings. The number of carbonyl (C=O) groups excluding carboxylic acids is 1. The average molecular weight is 329 g/mol. The maximum absolute atomic E-state index is 12.7. The first-order valence-electron chi connectivity index (χ1n) is 8.20. The van der Waals surface area contributed by atoms with Crippen LogP contribution in [-0.4, -0.2) is 47.9 Å². The van der Waals surface area contributed by atoms with Crippen molar-refractivity contribution in [3.63, 3.8) is 0 Å². The molecule has 6 nitrogen and oxygen atoms in total. The van der Waals surface area contributed by atoms with Crippen LogP contribution in [0, 0.1) is 5.92 Å². The van der Waals surface area contributed by atoms with Gasteiger partial charge in [0.2, 0.25) is 0 Å². The molecule has 2 aromatic rings. The van der Waals surface area contributed by atoms with Crippen LogP contribution >= 0.6 is 0 Å². The van der Waals surface area contributed by atoms with E-state index in [9.17, 15) is 4.79 Å².